The third-order valence-electron chi connectivity index (χ3n) is 2.37. The number of rotatable bonds is 2. The molecule has 0 saturated heterocycles. The van der Waals surface area contributed by atoms with Crippen molar-refractivity contribution in [1.29, 1.82) is 0 Å². The molecule has 4 nitrogen and oxygen atoms in total. The van der Waals surface area contributed by atoms with Gasteiger partial charge in [-0.3, -0.25) is 0 Å². The average molecular weight is 184 g/mol. The monoisotopic (exact) mass is 184 g/mol. The lowest BCUT2D eigenvalue weighted by atomic mass is 9.81. The van der Waals surface area contributed by atoms with Crippen LogP contribution in [0.25, 0.3) is 0 Å². The molecule has 1 heterocycles. The van der Waals surface area contributed by atoms with Crippen LogP contribution in [0.2, 0.25) is 0 Å². The van der Waals surface area contributed by atoms with Crippen molar-refractivity contribution in [3.63, 3.8) is 0 Å². The van der Waals surface area contributed by atoms with E-state index in [1.807, 2.05) is 0 Å². The van der Waals surface area contributed by atoms with E-state index in [1.54, 1.807) is 0 Å². The van der Waals surface area contributed by atoms with Crippen molar-refractivity contribution in [2.45, 2.75) is 25.8 Å². The van der Waals surface area contributed by atoms with E-state index >= 15 is 0 Å². The van der Waals surface area contributed by atoms with Gasteiger partial charge in [0.2, 0.25) is 11.1 Å². The Morgan fingerprint density at radius 1 is 1.58 bits per heavy atom. The molecule has 3 N–H and O–H groups in total. The minimum Gasteiger partial charge on any atom is -0.367 e. The van der Waals surface area contributed by atoms with Crippen LogP contribution in [0.15, 0.2) is 0 Å². The SMILES string of the molecule is CC1CCC1Nc1nc(N)ns1. The molecule has 0 radical (unpaired) electrons. The molecule has 0 aromatic carbocycles. The summed E-state index contributed by atoms with van der Waals surface area (Å²) >= 11 is 1.33. The predicted octanol–water partition coefficient (Wildman–Crippen LogP) is 1.33. The third-order valence-corrected chi connectivity index (χ3v) is 3.03. The molecule has 2 unspecified atom stereocenters. The molecule has 2 rings (SSSR count). The minimum absolute atomic E-state index is 0.370. The Morgan fingerprint density at radius 2 is 2.42 bits per heavy atom. The Bertz CT molecular complexity index is 272. The topological polar surface area (TPSA) is 63.8 Å². The highest BCUT2D eigenvalue weighted by molar-refractivity contribution is 7.09. The van der Waals surface area contributed by atoms with Gasteiger partial charge in [-0.2, -0.15) is 9.36 Å². The molecule has 0 aliphatic heterocycles. The number of nitrogens with zero attached hydrogens (tertiary/aromatic N) is 2. The zero-order valence-electron chi connectivity index (χ0n) is 6.95. The Labute approximate surface area is 75.4 Å². The molecule has 0 bridgehead atoms. The Morgan fingerprint density at radius 3 is 2.83 bits per heavy atom. The molecule has 0 amide bonds. The van der Waals surface area contributed by atoms with Crippen molar-refractivity contribution in [2.24, 2.45) is 5.92 Å². The van der Waals surface area contributed by atoms with E-state index in [0.717, 1.165) is 11.0 Å². The Hall–Kier alpha value is -0.840. The van der Waals surface area contributed by atoms with Gasteiger partial charge in [-0.05, 0) is 18.8 Å². The third kappa shape index (κ3) is 1.36. The zero-order valence-corrected chi connectivity index (χ0v) is 7.77. The maximum Gasteiger partial charge on any atom is 0.233 e. The van der Waals surface area contributed by atoms with E-state index in [-0.39, 0.29) is 0 Å². The summed E-state index contributed by atoms with van der Waals surface area (Å²) in [7, 11) is 0. The summed E-state index contributed by atoms with van der Waals surface area (Å²) in [5.41, 5.74) is 5.40. The van der Waals surface area contributed by atoms with E-state index in [4.69, 9.17) is 5.73 Å². The van der Waals surface area contributed by atoms with Crippen molar-refractivity contribution in [3.8, 4) is 0 Å². The molecule has 66 valence electrons. The molecule has 1 saturated carbocycles. The zero-order chi connectivity index (χ0) is 8.55. The number of aromatic nitrogens is 2. The smallest absolute Gasteiger partial charge is 0.233 e. The first-order valence-corrected chi connectivity index (χ1v) is 4.89. The normalized spacial score (nSPS) is 28.1. The molecule has 1 aliphatic rings. The maximum atomic E-state index is 5.40. The fraction of sp³-hybridized carbons (Fsp3) is 0.714. The van der Waals surface area contributed by atoms with E-state index < -0.39 is 0 Å². The van der Waals surface area contributed by atoms with E-state index in [0.29, 0.717) is 12.0 Å². The number of nitrogen functional groups attached to an aromatic ring is 1. The first-order chi connectivity index (χ1) is 5.75. The Kier molecular flexibility index (Phi) is 1.88. The number of nitrogens with one attached hydrogen (secondary N) is 1. The summed E-state index contributed by atoms with van der Waals surface area (Å²) in [6, 6.07) is 0.581. The van der Waals surface area contributed by atoms with Gasteiger partial charge in [0.15, 0.2) is 0 Å². The molecule has 5 heteroatoms. The lowest BCUT2D eigenvalue weighted by Gasteiger charge is -2.34. The second kappa shape index (κ2) is 2.90. The summed E-state index contributed by atoms with van der Waals surface area (Å²) in [4.78, 5) is 4.04. The highest BCUT2D eigenvalue weighted by Crippen LogP contribution is 2.30. The van der Waals surface area contributed by atoms with E-state index in [1.165, 1.54) is 24.4 Å². The summed E-state index contributed by atoms with van der Waals surface area (Å²) in [5, 5.41) is 4.16. The molecular weight excluding hydrogens is 172 g/mol. The van der Waals surface area contributed by atoms with Crippen molar-refractivity contribution < 1.29 is 0 Å². The molecule has 2 atom stereocenters. The highest BCUT2D eigenvalue weighted by atomic mass is 32.1. The van der Waals surface area contributed by atoms with Crippen LogP contribution in [0.5, 0.6) is 0 Å². The van der Waals surface area contributed by atoms with Gasteiger partial charge >= 0.3 is 0 Å². The number of nitrogens with two attached hydrogens (primary N) is 1. The number of hydrogen-bond donors (Lipinski definition) is 2. The quantitative estimate of drug-likeness (QED) is 0.727. The van der Waals surface area contributed by atoms with Crippen molar-refractivity contribution in [3.05, 3.63) is 0 Å². The number of hydrogen-bond acceptors (Lipinski definition) is 5. The van der Waals surface area contributed by atoms with Crippen LogP contribution in [-0.2, 0) is 0 Å². The molecule has 1 aromatic rings. The standard InChI is InChI=1S/C7H12N4S/c1-4-2-3-5(4)9-7-10-6(8)11-12-7/h4-5H,2-3H2,1H3,(H3,8,9,10,11). The van der Waals surface area contributed by atoms with Gasteiger partial charge in [0.05, 0.1) is 0 Å². The van der Waals surface area contributed by atoms with Gasteiger partial charge in [-0.1, -0.05) is 6.92 Å². The van der Waals surface area contributed by atoms with Crippen molar-refractivity contribution >= 4 is 22.6 Å². The summed E-state index contributed by atoms with van der Waals surface area (Å²) < 4.78 is 3.90. The lowest BCUT2D eigenvalue weighted by molar-refractivity contribution is 0.303. The number of anilines is 2. The predicted molar refractivity (Wildman–Crippen MR) is 50.1 cm³/mol. The molecule has 12 heavy (non-hydrogen) atoms. The van der Waals surface area contributed by atoms with Crippen LogP contribution in [0.1, 0.15) is 19.8 Å². The second-order valence-electron chi connectivity index (χ2n) is 3.26. The summed E-state index contributed by atoms with van der Waals surface area (Å²) in [6.45, 7) is 2.24. The summed E-state index contributed by atoms with van der Waals surface area (Å²) in [5.74, 6) is 1.13. The molecule has 1 fully saturated rings. The first kappa shape index (κ1) is 7.79. The van der Waals surface area contributed by atoms with Crippen LogP contribution in [0, 0.1) is 5.92 Å². The van der Waals surface area contributed by atoms with Crippen molar-refractivity contribution in [2.75, 3.05) is 11.1 Å². The highest BCUT2D eigenvalue weighted by Gasteiger charge is 2.27. The van der Waals surface area contributed by atoms with Crippen LogP contribution in [0.3, 0.4) is 0 Å². The van der Waals surface area contributed by atoms with E-state index in [9.17, 15) is 0 Å². The van der Waals surface area contributed by atoms with Crippen LogP contribution in [-0.4, -0.2) is 15.4 Å². The largest absolute Gasteiger partial charge is 0.367 e. The lowest BCUT2D eigenvalue weighted by Crippen LogP contribution is -2.36. The summed E-state index contributed by atoms with van der Waals surface area (Å²) in [6.07, 6.45) is 2.55. The van der Waals surface area contributed by atoms with Gasteiger partial charge in [-0.15, -0.1) is 0 Å². The van der Waals surface area contributed by atoms with Crippen LogP contribution < -0.4 is 11.1 Å². The second-order valence-corrected chi connectivity index (χ2v) is 4.02. The average Bonchev–Trinajstić information content (AvgIpc) is 2.44. The first-order valence-electron chi connectivity index (χ1n) is 4.11. The molecular formula is C7H12N4S. The fourth-order valence-electron chi connectivity index (χ4n) is 1.33. The van der Waals surface area contributed by atoms with Gasteiger partial charge in [0.25, 0.3) is 0 Å². The van der Waals surface area contributed by atoms with E-state index in [2.05, 4.69) is 21.6 Å². The minimum atomic E-state index is 0.370. The molecule has 0 spiro atoms. The van der Waals surface area contributed by atoms with Crippen molar-refractivity contribution in [1.82, 2.24) is 9.36 Å². The fourth-order valence-corrected chi connectivity index (χ4v) is 1.89. The van der Waals surface area contributed by atoms with Crippen LogP contribution >= 0.6 is 11.5 Å². The van der Waals surface area contributed by atoms with Gasteiger partial charge in [-0.25, -0.2) is 0 Å². The van der Waals surface area contributed by atoms with Gasteiger partial charge < -0.3 is 11.1 Å². The molecule has 1 aliphatic carbocycles. The van der Waals surface area contributed by atoms with Gasteiger partial charge in [0.1, 0.15) is 0 Å². The van der Waals surface area contributed by atoms with Gasteiger partial charge in [0, 0.05) is 17.6 Å². The maximum absolute atomic E-state index is 5.40. The Balaban J connectivity index is 1.95. The molecule has 1 aromatic heterocycles. The van der Waals surface area contributed by atoms with Crippen LogP contribution in [0.4, 0.5) is 11.1 Å².